The number of carbonyl (C=O) groups excluding carboxylic acids is 1. The van der Waals surface area contributed by atoms with Crippen molar-refractivity contribution in [2.75, 3.05) is 19.8 Å². The zero-order valence-corrected chi connectivity index (χ0v) is 12.7. The third kappa shape index (κ3) is 3.52. The second-order valence-electron chi connectivity index (χ2n) is 4.99. The Hall–Kier alpha value is -2.20. The molecule has 0 radical (unpaired) electrons. The topological polar surface area (TPSA) is 47.6 Å². The molecule has 1 N–H and O–H groups in total. The number of ether oxygens (including phenoxy) is 2. The van der Waals surface area contributed by atoms with Crippen LogP contribution in [0.2, 0.25) is 5.02 Å². The average Bonchev–Trinajstić information content (AvgIpc) is 2.55. The number of hydrogen-bond acceptors (Lipinski definition) is 3. The van der Waals surface area contributed by atoms with Crippen molar-refractivity contribution in [1.82, 2.24) is 5.32 Å². The molecule has 1 heterocycles. The lowest BCUT2D eigenvalue weighted by atomic mass is 10.1. The molecule has 0 aliphatic carbocycles. The van der Waals surface area contributed by atoms with Gasteiger partial charge in [0.1, 0.15) is 13.2 Å². The predicted octanol–water partition coefficient (Wildman–Crippen LogP) is 3.08. The molecule has 114 valence electrons. The molecule has 0 unspecified atom stereocenters. The van der Waals surface area contributed by atoms with Crippen molar-refractivity contribution < 1.29 is 14.3 Å². The lowest BCUT2D eigenvalue weighted by Crippen LogP contribution is -2.25. The molecule has 2 aromatic carbocycles. The Morgan fingerprint density at radius 2 is 1.77 bits per heavy atom. The van der Waals surface area contributed by atoms with Crippen LogP contribution in [-0.4, -0.2) is 25.7 Å². The summed E-state index contributed by atoms with van der Waals surface area (Å²) in [6, 6.07) is 12.7. The molecule has 1 aliphatic heterocycles. The lowest BCUT2D eigenvalue weighted by molar-refractivity contribution is 0.0954. The van der Waals surface area contributed by atoms with Crippen LogP contribution < -0.4 is 14.8 Å². The first-order valence-corrected chi connectivity index (χ1v) is 7.52. The first kappa shape index (κ1) is 14.7. The summed E-state index contributed by atoms with van der Waals surface area (Å²) in [5, 5.41) is 3.51. The van der Waals surface area contributed by atoms with Crippen molar-refractivity contribution >= 4 is 17.5 Å². The highest BCUT2D eigenvalue weighted by molar-refractivity contribution is 6.30. The highest BCUT2D eigenvalue weighted by Gasteiger charge is 2.11. The summed E-state index contributed by atoms with van der Waals surface area (Å²) in [5.74, 6) is 1.45. The van der Waals surface area contributed by atoms with Gasteiger partial charge in [-0.05, 0) is 48.4 Å². The number of rotatable bonds is 4. The highest BCUT2D eigenvalue weighted by Crippen LogP contribution is 2.30. The molecular weight excluding hydrogens is 302 g/mol. The minimum atomic E-state index is -0.103. The first-order chi connectivity index (χ1) is 10.7. The largest absolute Gasteiger partial charge is 0.486 e. The molecule has 0 atom stereocenters. The molecule has 0 saturated heterocycles. The van der Waals surface area contributed by atoms with E-state index in [2.05, 4.69) is 5.32 Å². The SMILES string of the molecule is O=C(NCCc1ccc2c(c1)OCCO2)c1ccc(Cl)cc1. The van der Waals surface area contributed by atoms with Crippen molar-refractivity contribution in [3.8, 4) is 11.5 Å². The number of halogens is 1. The van der Waals surface area contributed by atoms with Crippen LogP contribution in [-0.2, 0) is 6.42 Å². The van der Waals surface area contributed by atoms with Crippen LogP contribution >= 0.6 is 11.6 Å². The predicted molar refractivity (Wildman–Crippen MR) is 84.9 cm³/mol. The van der Waals surface area contributed by atoms with Crippen LogP contribution in [0, 0.1) is 0 Å². The Labute approximate surface area is 134 Å². The van der Waals surface area contributed by atoms with E-state index in [-0.39, 0.29) is 5.91 Å². The number of benzene rings is 2. The maximum atomic E-state index is 12.0. The lowest BCUT2D eigenvalue weighted by Gasteiger charge is -2.18. The van der Waals surface area contributed by atoms with E-state index in [4.69, 9.17) is 21.1 Å². The first-order valence-electron chi connectivity index (χ1n) is 7.15. The number of fused-ring (bicyclic) bond motifs is 1. The standard InChI is InChI=1S/C17H16ClNO3/c18-14-4-2-13(3-5-14)17(20)19-8-7-12-1-6-15-16(11-12)22-10-9-21-15/h1-6,11H,7-10H2,(H,19,20). The molecule has 5 heteroatoms. The Balaban J connectivity index is 1.54. The quantitative estimate of drug-likeness (QED) is 0.942. The van der Waals surface area contributed by atoms with E-state index in [1.807, 2.05) is 18.2 Å². The van der Waals surface area contributed by atoms with E-state index in [0.717, 1.165) is 23.5 Å². The van der Waals surface area contributed by atoms with Crippen molar-refractivity contribution in [2.24, 2.45) is 0 Å². The van der Waals surface area contributed by atoms with Gasteiger partial charge in [-0.1, -0.05) is 17.7 Å². The van der Waals surface area contributed by atoms with Gasteiger partial charge in [-0.2, -0.15) is 0 Å². The zero-order chi connectivity index (χ0) is 15.4. The van der Waals surface area contributed by atoms with Gasteiger partial charge in [-0.3, -0.25) is 4.79 Å². The number of amides is 1. The van der Waals surface area contributed by atoms with E-state index in [1.54, 1.807) is 24.3 Å². The Kier molecular flexibility index (Phi) is 4.49. The number of nitrogens with one attached hydrogen (secondary N) is 1. The molecule has 2 aromatic rings. The van der Waals surface area contributed by atoms with Gasteiger partial charge in [-0.15, -0.1) is 0 Å². The van der Waals surface area contributed by atoms with Gasteiger partial charge in [-0.25, -0.2) is 0 Å². The van der Waals surface area contributed by atoms with Crippen LogP contribution in [0.15, 0.2) is 42.5 Å². The van der Waals surface area contributed by atoms with Crippen LogP contribution in [0.5, 0.6) is 11.5 Å². The van der Waals surface area contributed by atoms with Gasteiger partial charge in [0.2, 0.25) is 0 Å². The fourth-order valence-electron chi connectivity index (χ4n) is 2.27. The van der Waals surface area contributed by atoms with Crippen LogP contribution in [0.3, 0.4) is 0 Å². The molecule has 0 spiro atoms. The number of hydrogen-bond donors (Lipinski definition) is 1. The monoisotopic (exact) mass is 317 g/mol. The minimum Gasteiger partial charge on any atom is -0.486 e. The second kappa shape index (κ2) is 6.71. The normalized spacial score (nSPS) is 12.8. The maximum Gasteiger partial charge on any atom is 0.251 e. The minimum absolute atomic E-state index is 0.103. The number of carbonyl (C=O) groups is 1. The van der Waals surface area contributed by atoms with Gasteiger partial charge in [0.15, 0.2) is 11.5 Å². The molecule has 3 rings (SSSR count). The molecule has 22 heavy (non-hydrogen) atoms. The molecule has 0 saturated carbocycles. The van der Waals surface area contributed by atoms with Crippen molar-refractivity contribution in [1.29, 1.82) is 0 Å². The third-order valence-corrected chi connectivity index (χ3v) is 3.66. The van der Waals surface area contributed by atoms with Crippen LogP contribution in [0.4, 0.5) is 0 Å². The molecular formula is C17H16ClNO3. The summed E-state index contributed by atoms with van der Waals surface area (Å²) in [7, 11) is 0. The molecule has 1 amide bonds. The summed E-state index contributed by atoms with van der Waals surface area (Å²) < 4.78 is 11.0. The summed E-state index contributed by atoms with van der Waals surface area (Å²) in [6.45, 7) is 1.72. The van der Waals surface area contributed by atoms with Crippen LogP contribution in [0.25, 0.3) is 0 Å². The smallest absolute Gasteiger partial charge is 0.251 e. The Bertz CT molecular complexity index is 670. The molecule has 0 aromatic heterocycles. The summed E-state index contributed by atoms with van der Waals surface area (Å²) >= 11 is 5.80. The van der Waals surface area contributed by atoms with Crippen molar-refractivity contribution in [3.63, 3.8) is 0 Å². The second-order valence-corrected chi connectivity index (χ2v) is 5.43. The van der Waals surface area contributed by atoms with Gasteiger partial charge < -0.3 is 14.8 Å². The molecule has 1 aliphatic rings. The van der Waals surface area contributed by atoms with E-state index in [1.165, 1.54) is 0 Å². The zero-order valence-electron chi connectivity index (χ0n) is 12.0. The molecule has 0 fully saturated rings. The van der Waals surface area contributed by atoms with Crippen molar-refractivity contribution in [3.05, 3.63) is 58.6 Å². The Morgan fingerprint density at radius 3 is 2.55 bits per heavy atom. The van der Waals surface area contributed by atoms with E-state index < -0.39 is 0 Å². The van der Waals surface area contributed by atoms with Gasteiger partial charge in [0.05, 0.1) is 0 Å². The van der Waals surface area contributed by atoms with Gasteiger partial charge in [0, 0.05) is 17.1 Å². The van der Waals surface area contributed by atoms with E-state index in [0.29, 0.717) is 30.3 Å². The highest BCUT2D eigenvalue weighted by atomic mass is 35.5. The Morgan fingerprint density at radius 1 is 1.05 bits per heavy atom. The van der Waals surface area contributed by atoms with E-state index in [9.17, 15) is 4.79 Å². The third-order valence-electron chi connectivity index (χ3n) is 3.41. The summed E-state index contributed by atoms with van der Waals surface area (Å²) in [5.41, 5.74) is 1.70. The molecule has 4 nitrogen and oxygen atoms in total. The van der Waals surface area contributed by atoms with Gasteiger partial charge in [0.25, 0.3) is 5.91 Å². The fourth-order valence-corrected chi connectivity index (χ4v) is 2.39. The van der Waals surface area contributed by atoms with Crippen LogP contribution in [0.1, 0.15) is 15.9 Å². The maximum absolute atomic E-state index is 12.0. The molecule has 0 bridgehead atoms. The average molecular weight is 318 g/mol. The van der Waals surface area contributed by atoms with Gasteiger partial charge >= 0.3 is 0 Å². The van der Waals surface area contributed by atoms with Crippen molar-refractivity contribution in [2.45, 2.75) is 6.42 Å². The fraction of sp³-hybridized carbons (Fsp3) is 0.235. The summed E-state index contributed by atoms with van der Waals surface area (Å²) in [6.07, 6.45) is 0.732. The van der Waals surface area contributed by atoms with E-state index >= 15 is 0 Å². The summed E-state index contributed by atoms with van der Waals surface area (Å²) in [4.78, 5) is 12.0.